The minimum absolute atomic E-state index is 0.0440. The summed E-state index contributed by atoms with van der Waals surface area (Å²) in [4.78, 5) is 11.4. The number of hydrogen-bond acceptors (Lipinski definition) is 8. The van der Waals surface area contributed by atoms with E-state index in [1.807, 2.05) is 0 Å². The molecule has 2 N–H and O–H groups in total. The lowest BCUT2D eigenvalue weighted by Crippen LogP contribution is -2.61. The third-order valence-corrected chi connectivity index (χ3v) is 13.3. The van der Waals surface area contributed by atoms with Gasteiger partial charge in [-0.05, 0) is 91.8 Å². The molecule has 3 aliphatic heterocycles. The quantitative estimate of drug-likeness (QED) is 0.360. The normalized spacial score (nSPS) is 55.3. The molecule has 8 nitrogen and oxygen atoms in total. The Labute approximate surface area is 250 Å². The van der Waals surface area contributed by atoms with Crippen LogP contribution >= 0.6 is 0 Å². The van der Waals surface area contributed by atoms with Crippen molar-refractivity contribution in [1.82, 2.24) is 0 Å². The fourth-order valence-electron chi connectivity index (χ4n) is 11.3. The van der Waals surface area contributed by atoms with Gasteiger partial charge in [0.15, 0.2) is 18.2 Å². The van der Waals surface area contributed by atoms with Crippen LogP contribution in [0.4, 0.5) is 0 Å². The molecule has 42 heavy (non-hydrogen) atoms. The van der Waals surface area contributed by atoms with Gasteiger partial charge in [-0.3, -0.25) is 4.79 Å². The van der Waals surface area contributed by atoms with E-state index >= 15 is 0 Å². The van der Waals surface area contributed by atoms with Gasteiger partial charge < -0.3 is 33.9 Å². The molecule has 6 fully saturated rings. The molecule has 0 aromatic carbocycles. The highest BCUT2D eigenvalue weighted by atomic mass is 16.8. The van der Waals surface area contributed by atoms with Gasteiger partial charge in [0.25, 0.3) is 0 Å². The fraction of sp³-hybridized carbons (Fsp3) is 0.912. The predicted octanol–water partition coefficient (Wildman–Crippen LogP) is 4.75. The highest BCUT2D eigenvalue weighted by Gasteiger charge is 2.71. The molecule has 0 aromatic rings. The molecule has 236 valence electrons. The van der Waals surface area contributed by atoms with Crippen LogP contribution in [0.2, 0.25) is 0 Å². The van der Waals surface area contributed by atoms with E-state index in [9.17, 15) is 15.0 Å². The first-order valence-electron chi connectivity index (χ1n) is 16.8. The zero-order chi connectivity index (χ0) is 29.6. The van der Waals surface area contributed by atoms with Crippen LogP contribution < -0.4 is 0 Å². The summed E-state index contributed by atoms with van der Waals surface area (Å²) < 4.78 is 31.3. The summed E-state index contributed by atoms with van der Waals surface area (Å²) >= 11 is 0. The lowest BCUT2D eigenvalue weighted by atomic mass is 9.47. The number of ether oxygens (including phenoxy) is 5. The SMILES string of the molecule is CC(=O)O[C@H]1CO[C@@H](O[C@H]2C[C@@H](C)CO[C@@]23O[C@H]2C[C@H]4[C@@H]5CC=C6CCCC[C@]6(C)[C@H]5CC[C@]4(C)[C@H]2[C@@H]3C)[C@H](O)[C@@H]1O. The number of rotatable bonds is 3. The summed E-state index contributed by atoms with van der Waals surface area (Å²) in [7, 11) is 0. The van der Waals surface area contributed by atoms with Crippen molar-refractivity contribution in [2.24, 2.45) is 46.3 Å². The largest absolute Gasteiger partial charge is 0.457 e. The van der Waals surface area contributed by atoms with Crippen molar-refractivity contribution in [3.63, 3.8) is 0 Å². The average molecular weight is 589 g/mol. The Hall–Kier alpha value is -1.03. The Kier molecular flexibility index (Phi) is 7.43. The van der Waals surface area contributed by atoms with Crippen LogP contribution in [0.5, 0.6) is 0 Å². The molecule has 3 saturated carbocycles. The van der Waals surface area contributed by atoms with Gasteiger partial charge in [0.2, 0.25) is 0 Å². The smallest absolute Gasteiger partial charge is 0.303 e. The van der Waals surface area contributed by atoms with Gasteiger partial charge >= 0.3 is 5.97 Å². The molecule has 3 heterocycles. The van der Waals surface area contributed by atoms with Crippen molar-refractivity contribution in [3.8, 4) is 0 Å². The Morgan fingerprint density at radius 1 is 1.05 bits per heavy atom. The van der Waals surface area contributed by atoms with Gasteiger partial charge in [-0.2, -0.15) is 0 Å². The highest BCUT2D eigenvalue weighted by molar-refractivity contribution is 5.66. The van der Waals surface area contributed by atoms with E-state index in [4.69, 9.17) is 23.7 Å². The molecule has 8 heteroatoms. The van der Waals surface area contributed by atoms with Crippen LogP contribution in [0.25, 0.3) is 0 Å². The zero-order valence-corrected chi connectivity index (χ0v) is 26.1. The van der Waals surface area contributed by atoms with Crippen LogP contribution in [0, 0.1) is 46.3 Å². The van der Waals surface area contributed by atoms with Gasteiger partial charge in [-0.1, -0.05) is 45.8 Å². The molecule has 0 unspecified atom stereocenters. The maximum Gasteiger partial charge on any atom is 0.303 e. The Bertz CT molecular complexity index is 1090. The molecule has 0 amide bonds. The molecular formula is C34H52O8. The second-order valence-electron chi connectivity index (χ2n) is 15.5. The van der Waals surface area contributed by atoms with E-state index < -0.39 is 42.5 Å². The van der Waals surface area contributed by atoms with E-state index in [1.165, 1.54) is 51.9 Å². The summed E-state index contributed by atoms with van der Waals surface area (Å²) in [5, 5.41) is 21.6. The van der Waals surface area contributed by atoms with E-state index in [0.717, 1.165) is 24.7 Å². The maximum absolute atomic E-state index is 11.4. The summed E-state index contributed by atoms with van der Waals surface area (Å²) in [6.07, 6.45) is 8.61. The lowest BCUT2D eigenvalue weighted by molar-refractivity contribution is -0.366. The first-order valence-corrected chi connectivity index (χ1v) is 16.8. The second kappa shape index (κ2) is 10.5. The van der Waals surface area contributed by atoms with E-state index in [-0.39, 0.29) is 30.0 Å². The lowest BCUT2D eigenvalue weighted by Gasteiger charge is -2.58. The Morgan fingerprint density at radius 3 is 2.64 bits per heavy atom. The van der Waals surface area contributed by atoms with Crippen molar-refractivity contribution in [1.29, 1.82) is 0 Å². The van der Waals surface area contributed by atoms with Crippen molar-refractivity contribution >= 4 is 5.97 Å². The maximum atomic E-state index is 11.4. The predicted molar refractivity (Wildman–Crippen MR) is 154 cm³/mol. The van der Waals surface area contributed by atoms with Crippen LogP contribution in [0.1, 0.15) is 92.4 Å². The third-order valence-electron chi connectivity index (χ3n) is 13.3. The van der Waals surface area contributed by atoms with Crippen molar-refractivity contribution in [2.75, 3.05) is 13.2 Å². The zero-order valence-electron chi connectivity index (χ0n) is 26.1. The number of aliphatic hydroxyl groups excluding tert-OH is 2. The first kappa shape index (κ1) is 29.7. The van der Waals surface area contributed by atoms with Gasteiger partial charge in [-0.25, -0.2) is 0 Å². The monoisotopic (exact) mass is 588 g/mol. The van der Waals surface area contributed by atoms with Crippen LogP contribution in [0.3, 0.4) is 0 Å². The van der Waals surface area contributed by atoms with E-state index in [1.54, 1.807) is 5.57 Å². The number of allylic oxidation sites excluding steroid dienone is 2. The van der Waals surface area contributed by atoms with Crippen LogP contribution in [-0.2, 0) is 28.5 Å². The Morgan fingerprint density at radius 2 is 1.86 bits per heavy atom. The summed E-state index contributed by atoms with van der Waals surface area (Å²) in [6.45, 7) is 11.4. The third kappa shape index (κ3) is 4.33. The summed E-state index contributed by atoms with van der Waals surface area (Å²) in [5.74, 6) is 1.48. The molecule has 0 radical (unpaired) electrons. The molecule has 15 atom stereocenters. The number of carbonyl (C=O) groups is 1. The molecule has 3 saturated heterocycles. The van der Waals surface area contributed by atoms with Crippen molar-refractivity contribution < 1.29 is 38.7 Å². The molecule has 7 rings (SSSR count). The standard InChI is InChI=1S/C34H52O8/c1-18-14-27(41-31-30(37)29(36)26(17-38-31)40-20(3)35)34(39-16-18)19(2)28-25(42-34)15-24-22-10-9-21-8-6-7-12-32(21,4)23(22)11-13-33(24,28)5/h9,18-19,22-31,36-37H,6-8,10-17H2,1-5H3/t18-,19+,22-,23+,24+,25+,26+,27+,28+,29-,30-,31+,32+,33+,34+/m1/s1. The average Bonchev–Trinajstić information content (AvgIpc) is 3.40. The number of aliphatic hydroxyl groups is 2. The van der Waals surface area contributed by atoms with Crippen LogP contribution in [-0.4, -0.2) is 72.0 Å². The van der Waals surface area contributed by atoms with Gasteiger partial charge in [-0.15, -0.1) is 0 Å². The van der Waals surface area contributed by atoms with Gasteiger partial charge in [0, 0.05) is 12.8 Å². The molecule has 0 bridgehead atoms. The fourth-order valence-corrected chi connectivity index (χ4v) is 11.3. The molecule has 0 aromatic heterocycles. The van der Waals surface area contributed by atoms with Crippen molar-refractivity contribution in [3.05, 3.63) is 11.6 Å². The molecule has 7 aliphatic rings. The number of esters is 1. The van der Waals surface area contributed by atoms with Gasteiger partial charge in [0.1, 0.15) is 18.3 Å². The van der Waals surface area contributed by atoms with Crippen molar-refractivity contribution in [2.45, 2.75) is 135 Å². The number of fused-ring (bicyclic) bond motifs is 7. The van der Waals surface area contributed by atoms with E-state index in [0.29, 0.717) is 23.9 Å². The molecule has 4 aliphatic carbocycles. The highest BCUT2D eigenvalue weighted by Crippen LogP contribution is 2.70. The van der Waals surface area contributed by atoms with Crippen LogP contribution in [0.15, 0.2) is 11.6 Å². The minimum atomic E-state index is -1.35. The Balaban J connectivity index is 1.11. The topological polar surface area (TPSA) is 104 Å². The first-order chi connectivity index (χ1) is 20.0. The second-order valence-corrected chi connectivity index (χ2v) is 15.5. The van der Waals surface area contributed by atoms with E-state index in [2.05, 4.69) is 33.8 Å². The molecule has 1 spiro atoms. The summed E-state index contributed by atoms with van der Waals surface area (Å²) in [5.41, 5.74) is 2.33. The molecular weight excluding hydrogens is 536 g/mol. The number of carbonyl (C=O) groups excluding carboxylic acids is 1. The van der Waals surface area contributed by atoms with Gasteiger partial charge in [0.05, 0.1) is 19.3 Å². The minimum Gasteiger partial charge on any atom is -0.457 e. The number of hydrogen-bond donors (Lipinski definition) is 2. The summed E-state index contributed by atoms with van der Waals surface area (Å²) in [6, 6.07) is 0.